The molecule has 1 amide bonds. The molecule has 0 saturated heterocycles. The molecule has 88 valence electrons. The van der Waals surface area contributed by atoms with E-state index >= 15 is 0 Å². The van der Waals surface area contributed by atoms with E-state index in [2.05, 4.69) is 34.8 Å². The van der Waals surface area contributed by atoms with Crippen molar-refractivity contribution >= 4 is 40.3 Å². The molecule has 4 heteroatoms. The zero-order chi connectivity index (χ0) is 12.0. The Morgan fingerprint density at radius 1 is 1.56 bits per heavy atom. The predicted molar refractivity (Wildman–Crippen MR) is 79.1 cm³/mol. The lowest BCUT2D eigenvalue weighted by molar-refractivity contribution is 0.0943. The summed E-state index contributed by atoms with van der Waals surface area (Å²) >= 11 is 4.05. The maximum atomic E-state index is 11.8. The normalized spacial score (nSPS) is 12.2. The Morgan fingerprint density at radius 3 is 2.94 bits per heavy atom. The standard InChI is InChI=1S/C12H16INOS/c1-3-16-8-9(2)14-12(15)10-5-4-6-11(13)7-10/h4-7,9H,3,8H2,1-2H3,(H,14,15). The Kier molecular flexibility index (Phi) is 6.20. The van der Waals surface area contributed by atoms with E-state index in [1.807, 2.05) is 43.0 Å². The van der Waals surface area contributed by atoms with Crippen molar-refractivity contribution in [3.05, 3.63) is 33.4 Å². The number of carbonyl (C=O) groups excluding carboxylic acids is 1. The quantitative estimate of drug-likeness (QED) is 0.828. The molecule has 0 fully saturated rings. The van der Waals surface area contributed by atoms with E-state index in [0.29, 0.717) is 0 Å². The first-order chi connectivity index (χ1) is 7.63. The van der Waals surface area contributed by atoms with Crippen molar-refractivity contribution in [3.8, 4) is 0 Å². The van der Waals surface area contributed by atoms with Crippen LogP contribution in [0.1, 0.15) is 24.2 Å². The zero-order valence-corrected chi connectivity index (χ0v) is 12.5. The topological polar surface area (TPSA) is 29.1 Å². The Hall–Kier alpha value is -0.230. The first-order valence-corrected chi connectivity index (χ1v) is 7.51. The van der Waals surface area contributed by atoms with Crippen LogP contribution >= 0.6 is 34.4 Å². The minimum absolute atomic E-state index is 0.0164. The fourth-order valence-corrected chi connectivity index (χ4v) is 2.49. The molecule has 0 radical (unpaired) electrons. The average Bonchev–Trinajstić information content (AvgIpc) is 2.26. The lowest BCUT2D eigenvalue weighted by atomic mass is 10.2. The number of benzene rings is 1. The highest BCUT2D eigenvalue weighted by molar-refractivity contribution is 14.1. The molecule has 16 heavy (non-hydrogen) atoms. The molecule has 1 aromatic carbocycles. The van der Waals surface area contributed by atoms with E-state index in [9.17, 15) is 4.79 Å². The van der Waals surface area contributed by atoms with Gasteiger partial charge in [0.1, 0.15) is 0 Å². The number of thioether (sulfide) groups is 1. The number of hydrogen-bond donors (Lipinski definition) is 1. The van der Waals surface area contributed by atoms with Gasteiger partial charge in [0, 0.05) is 20.9 Å². The van der Waals surface area contributed by atoms with Crippen molar-refractivity contribution in [3.63, 3.8) is 0 Å². The Labute approximate surface area is 115 Å². The van der Waals surface area contributed by atoms with Crippen LogP contribution in [0.5, 0.6) is 0 Å². The predicted octanol–water partition coefficient (Wildman–Crippen LogP) is 3.16. The number of hydrogen-bond acceptors (Lipinski definition) is 2. The maximum Gasteiger partial charge on any atom is 0.251 e. The molecule has 1 rings (SSSR count). The van der Waals surface area contributed by atoms with E-state index in [4.69, 9.17) is 0 Å². The van der Waals surface area contributed by atoms with Gasteiger partial charge in [-0.2, -0.15) is 11.8 Å². The third-order valence-corrected chi connectivity index (χ3v) is 3.85. The molecule has 1 atom stereocenters. The van der Waals surface area contributed by atoms with E-state index in [-0.39, 0.29) is 11.9 Å². The summed E-state index contributed by atoms with van der Waals surface area (Å²) in [7, 11) is 0. The van der Waals surface area contributed by atoms with Gasteiger partial charge in [-0.15, -0.1) is 0 Å². The first-order valence-electron chi connectivity index (χ1n) is 5.27. The van der Waals surface area contributed by atoms with Crippen LogP contribution < -0.4 is 5.32 Å². The van der Waals surface area contributed by atoms with Crippen molar-refractivity contribution < 1.29 is 4.79 Å². The van der Waals surface area contributed by atoms with Gasteiger partial charge in [-0.3, -0.25) is 4.79 Å². The molecule has 0 aliphatic carbocycles. The summed E-state index contributed by atoms with van der Waals surface area (Å²) in [4.78, 5) is 11.8. The number of amides is 1. The first kappa shape index (κ1) is 13.8. The molecule has 0 bridgehead atoms. The molecule has 0 saturated carbocycles. The van der Waals surface area contributed by atoms with Gasteiger partial charge >= 0.3 is 0 Å². The number of carbonyl (C=O) groups is 1. The average molecular weight is 349 g/mol. The second-order valence-electron chi connectivity index (χ2n) is 3.54. The molecule has 2 nitrogen and oxygen atoms in total. The fourth-order valence-electron chi connectivity index (χ4n) is 1.27. The summed E-state index contributed by atoms with van der Waals surface area (Å²) < 4.78 is 1.08. The van der Waals surface area contributed by atoms with Gasteiger partial charge in [-0.05, 0) is 53.5 Å². The lowest BCUT2D eigenvalue weighted by Crippen LogP contribution is -2.34. The third kappa shape index (κ3) is 4.74. The third-order valence-electron chi connectivity index (χ3n) is 2.04. The molecule has 1 unspecified atom stereocenters. The molecule has 1 aromatic rings. The minimum atomic E-state index is 0.0164. The molecule has 0 aliphatic heterocycles. The smallest absolute Gasteiger partial charge is 0.251 e. The van der Waals surface area contributed by atoms with Crippen LogP contribution in [0.25, 0.3) is 0 Å². The van der Waals surface area contributed by atoms with Gasteiger partial charge in [0.25, 0.3) is 5.91 Å². The largest absolute Gasteiger partial charge is 0.349 e. The molecule has 0 spiro atoms. The van der Waals surface area contributed by atoms with E-state index in [1.54, 1.807) is 0 Å². The number of nitrogens with one attached hydrogen (secondary N) is 1. The highest BCUT2D eigenvalue weighted by atomic mass is 127. The van der Waals surface area contributed by atoms with Crippen LogP contribution in [0.2, 0.25) is 0 Å². The van der Waals surface area contributed by atoms with Gasteiger partial charge in [0.05, 0.1) is 0 Å². The molecule has 1 N–H and O–H groups in total. The Bertz CT molecular complexity index is 357. The number of rotatable bonds is 5. The minimum Gasteiger partial charge on any atom is -0.349 e. The van der Waals surface area contributed by atoms with Crippen molar-refractivity contribution in [2.45, 2.75) is 19.9 Å². The molecule has 0 heterocycles. The van der Waals surface area contributed by atoms with Gasteiger partial charge in [0.2, 0.25) is 0 Å². The summed E-state index contributed by atoms with van der Waals surface area (Å²) in [5.41, 5.74) is 0.736. The van der Waals surface area contributed by atoms with Gasteiger partial charge in [0.15, 0.2) is 0 Å². The van der Waals surface area contributed by atoms with Crippen LogP contribution in [0.15, 0.2) is 24.3 Å². The maximum absolute atomic E-state index is 11.8. The van der Waals surface area contributed by atoms with E-state index < -0.39 is 0 Å². The molecular formula is C12H16INOS. The van der Waals surface area contributed by atoms with Crippen molar-refractivity contribution in [1.29, 1.82) is 0 Å². The highest BCUT2D eigenvalue weighted by Gasteiger charge is 2.09. The highest BCUT2D eigenvalue weighted by Crippen LogP contribution is 2.08. The van der Waals surface area contributed by atoms with Crippen LogP contribution in [-0.4, -0.2) is 23.5 Å². The zero-order valence-electron chi connectivity index (χ0n) is 9.50. The Morgan fingerprint density at radius 2 is 2.31 bits per heavy atom. The van der Waals surface area contributed by atoms with E-state index in [0.717, 1.165) is 20.6 Å². The lowest BCUT2D eigenvalue weighted by Gasteiger charge is -2.13. The second kappa shape index (κ2) is 7.17. The van der Waals surface area contributed by atoms with Gasteiger partial charge in [-0.1, -0.05) is 13.0 Å². The summed E-state index contributed by atoms with van der Waals surface area (Å²) in [5.74, 6) is 2.07. The Balaban J connectivity index is 2.52. The summed E-state index contributed by atoms with van der Waals surface area (Å²) in [6.07, 6.45) is 0. The fraction of sp³-hybridized carbons (Fsp3) is 0.417. The SMILES string of the molecule is CCSCC(C)NC(=O)c1cccc(I)c1. The molecule has 0 aliphatic rings. The van der Waals surface area contributed by atoms with Crippen molar-refractivity contribution in [2.24, 2.45) is 0 Å². The number of halogens is 1. The monoisotopic (exact) mass is 349 g/mol. The van der Waals surface area contributed by atoms with Gasteiger partial charge < -0.3 is 5.32 Å². The molecular weight excluding hydrogens is 333 g/mol. The summed E-state index contributed by atoms with van der Waals surface area (Å²) in [6.45, 7) is 4.16. The van der Waals surface area contributed by atoms with Crippen molar-refractivity contribution in [1.82, 2.24) is 5.32 Å². The second-order valence-corrected chi connectivity index (χ2v) is 6.11. The summed E-state index contributed by atoms with van der Waals surface area (Å²) in [5, 5.41) is 3.00. The molecule has 0 aromatic heterocycles. The van der Waals surface area contributed by atoms with Crippen LogP contribution in [0, 0.1) is 3.57 Å². The van der Waals surface area contributed by atoms with Gasteiger partial charge in [-0.25, -0.2) is 0 Å². The van der Waals surface area contributed by atoms with Crippen LogP contribution in [0.4, 0.5) is 0 Å². The van der Waals surface area contributed by atoms with Crippen LogP contribution in [-0.2, 0) is 0 Å². The van der Waals surface area contributed by atoms with E-state index in [1.165, 1.54) is 0 Å². The van der Waals surface area contributed by atoms with Crippen molar-refractivity contribution in [2.75, 3.05) is 11.5 Å². The van der Waals surface area contributed by atoms with Crippen LogP contribution in [0.3, 0.4) is 0 Å². The summed E-state index contributed by atoms with van der Waals surface area (Å²) in [6, 6.07) is 7.85.